The van der Waals surface area contributed by atoms with Crippen LogP contribution in [0.4, 0.5) is 0 Å². The summed E-state index contributed by atoms with van der Waals surface area (Å²) in [4.78, 5) is 12.2. The molecule has 0 unspecified atom stereocenters. The number of benzene rings is 3. The van der Waals surface area contributed by atoms with Crippen molar-refractivity contribution in [1.29, 1.82) is 0 Å². The molecule has 0 saturated heterocycles. The van der Waals surface area contributed by atoms with E-state index in [1.54, 1.807) is 18.0 Å². The smallest absolute Gasteiger partial charge is 0.250 e. The minimum Gasteiger partial charge on any atom is -0.272 e. The van der Waals surface area contributed by atoms with Gasteiger partial charge in [-0.05, 0) is 34.7 Å². The number of hydrogen-bond donors (Lipinski definition) is 1. The standard InChI is InChI=1S/C23H20N2OS/c1-16-7-6-8-17(13-16)14-24-25-22(26)15-27-23-20-11-4-2-9-18(20)19-10-3-5-12-21(19)23/h2-14,23H,15H2,1H3,(H,25,26)/b24-14-. The van der Waals surface area contributed by atoms with E-state index in [4.69, 9.17) is 0 Å². The number of thioether (sulfide) groups is 1. The molecule has 134 valence electrons. The van der Waals surface area contributed by atoms with Crippen molar-refractivity contribution in [2.75, 3.05) is 5.75 Å². The molecule has 1 aliphatic rings. The first kappa shape index (κ1) is 17.6. The van der Waals surface area contributed by atoms with Crippen molar-refractivity contribution in [3.63, 3.8) is 0 Å². The van der Waals surface area contributed by atoms with Crippen LogP contribution in [0, 0.1) is 6.92 Å². The van der Waals surface area contributed by atoms with Crippen LogP contribution in [0.3, 0.4) is 0 Å². The van der Waals surface area contributed by atoms with E-state index in [-0.39, 0.29) is 11.2 Å². The Hall–Kier alpha value is -2.85. The predicted octanol–water partition coefficient (Wildman–Crippen LogP) is 4.95. The van der Waals surface area contributed by atoms with Gasteiger partial charge in [-0.2, -0.15) is 5.10 Å². The highest BCUT2D eigenvalue weighted by molar-refractivity contribution is 8.00. The topological polar surface area (TPSA) is 41.5 Å². The second-order valence-electron chi connectivity index (χ2n) is 6.57. The molecule has 0 radical (unpaired) electrons. The SMILES string of the molecule is Cc1cccc(/C=N\NC(=O)CSC2c3ccccc3-c3ccccc32)c1. The number of nitrogens with one attached hydrogen (secondary N) is 1. The van der Waals surface area contributed by atoms with E-state index in [0.717, 1.165) is 5.56 Å². The highest BCUT2D eigenvalue weighted by Crippen LogP contribution is 2.49. The number of hydrazone groups is 1. The number of carbonyl (C=O) groups is 1. The molecule has 1 N–H and O–H groups in total. The maximum absolute atomic E-state index is 12.2. The van der Waals surface area contributed by atoms with Crippen LogP contribution in [0.15, 0.2) is 77.9 Å². The molecule has 0 heterocycles. The predicted molar refractivity (Wildman–Crippen MR) is 113 cm³/mol. The zero-order valence-corrected chi connectivity index (χ0v) is 15.9. The second-order valence-corrected chi connectivity index (χ2v) is 7.67. The van der Waals surface area contributed by atoms with Crippen LogP contribution in [0.1, 0.15) is 27.5 Å². The van der Waals surface area contributed by atoms with Crippen molar-refractivity contribution in [1.82, 2.24) is 5.43 Å². The summed E-state index contributed by atoms with van der Waals surface area (Å²) in [6.07, 6.45) is 1.68. The fourth-order valence-electron chi connectivity index (χ4n) is 3.41. The molecule has 0 aromatic heterocycles. The molecule has 4 rings (SSSR count). The van der Waals surface area contributed by atoms with Crippen LogP contribution in [0.5, 0.6) is 0 Å². The van der Waals surface area contributed by atoms with Crippen molar-refractivity contribution >= 4 is 23.9 Å². The highest BCUT2D eigenvalue weighted by Gasteiger charge is 2.28. The Labute approximate surface area is 163 Å². The summed E-state index contributed by atoms with van der Waals surface area (Å²) in [7, 11) is 0. The van der Waals surface area contributed by atoms with E-state index in [9.17, 15) is 4.79 Å². The fourth-order valence-corrected chi connectivity index (χ4v) is 4.56. The van der Waals surface area contributed by atoms with E-state index >= 15 is 0 Å². The van der Waals surface area contributed by atoms with Crippen LogP contribution in [0.2, 0.25) is 0 Å². The highest BCUT2D eigenvalue weighted by atomic mass is 32.2. The molecule has 3 nitrogen and oxygen atoms in total. The zero-order chi connectivity index (χ0) is 18.6. The number of nitrogens with zero attached hydrogens (tertiary/aromatic N) is 1. The molecule has 0 atom stereocenters. The maximum Gasteiger partial charge on any atom is 0.250 e. The first-order valence-corrected chi connectivity index (χ1v) is 9.95. The van der Waals surface area contributed by atoms with E-state index in [1.165, 1.54) is 27.8 Å². The Balaban J connectivity index is 1.41. The van der Waals surface area contributed by atoms with Crippen LogP contribution in [0.25, 0.3) is 11.1 Å². The molecule has 0 bridgehead atoms. The molecule has 3 aromatic carbocycles. The van der Waals surface area contributed by atoms with Crippen LogP contribution in [-0.4, -0.2) is 17.9 Å². The summed E-state index contributed by atoms with van der Waals surface area (Å²) in [5, 5.41) is 4.26. The first-order chi connectivity index (χ1) is 13.2. The molecular weight excluding hydrogens is 352 g/mol. The largest absolute Gasteiger partial charge is 0.272 e. The minimum absolute atomic E-state index is 0.0919. The lowest BCUT2D eigenvalue weighted by Crippen LogP contribution is -2.20. The lowest BCUT2D eigenvalue weighted by Gasteiger charge is -2.12. The summed E-state index contributed by atoms with van der Waals surface area (Å²) < 4.78 is 0. The van der Waals surface area contributed by atoms with Crippen LogP contribution in [-0.2, 0) is 4.79 Å². The Morgan fingerprint density at radius 3 is 2.33 bits per heavy atom. The number of hydrogen-bond acceptors (Lipinski definition) is 3. The molecule has 0 spiro atoms. The van der Waals surface area contributed by atoms with Gasteiger partial charge in [0.15, 0.2) is 0 Å². The van der Waals surface area contributed by atoms with Crippen molar-refractivity contribution in [3.8, 4) is 11.1 Å². The molecule has 0 saturated carbocycles. The van der Waals surface area contributed by atoms with Gasteiger partial charge in [0, 0.05) is 0 Å². The van der Waals surface area contributed by atoms with Crippen molar-refractivity contribution < 1.29 is 4.79 Å². The van der Waals surface area contributed by atoms with Gasteiger partial charge >= 0.3 is 0 Å². The average molecular weight is 372 g/mol. The Morgan fingerprint density at radius 2 is 1.67 bits per heavy atom. The molecule has 0 fully saturated rings. The minimum atomic E-state index is -0.0919. The first-order valence-electron chi connectivity index (χ1n) is 8.91. The van der Waals surface area contributed by atoms with Crippen molar-refractivity contribution in [2.24, 2.45) is 5.10 Å². The second kappa shape index (κ2) is 7.80. The third kappa shape index (κ3) is 3.81. The molecule has 1 amide bonds. The van der Waals surface area contributed by atoms with Gasteiger partial charge in [-0.3, -0.25) is 4.79 Å². The maximum atomic E-state index is 12.2. The molecule has 4 heteroatoms. The monoisotopic (exact) mass is 372 g/mol. The van der Waals surface area contributed by atoms with E-state index < -0.39 is 0 Å². The van der Waals surface area contributed by atoms with Gasteiger partial charge in [-0.1, -0.05) is 78.4 Å². The van der Waals surface area contributed by atoms with E-state index in [1.807, 2.05) is 31.2 Å². The lowest BCUT2D eigenvalue weighted by atomic mass is 10.1. The number of fused-ring (bicyclic) bond motifs is 3. The quantitative estimate of drug-likeness (QED) is 0.509. The van der Waals surface area contributed by atoms with Gasteiger partial charge < -0.3 is 0 Å². The summed E-state index contributed by atoms with van der Waals surface area (Å²) in [5.74, 6) is 0.268. The number of aryl methyl sites for hydroxylation is 1. The summed E-state index contributed by atoms with van der Waals surface area (Å²) in [6.45, 7) is 2.03. The molecule has 1 aliphatic carbocycles. The number of amides is 1. The number of carbonyl (C=O) groups excluding carboxylic acids is 1. The summed E-state index contributed by atoms with van der Waals surface area (Å²) >= 11 is 1.64. The third-order valence-electron chi connectivity index (χ3n) is 4.60. The van der Waals surface area contributed by atoms with Gasteiger partial charge in [0.05, 0.1) is 17.2 Å². The Kier molecular flexibility index (Phi) is 5.07. The van der Waals surface area contributed by atoms with Crippen LogP contribution < -0.4 is 5.43 Å². The van der Waals surface area contributed by atoms with Crippen molar-refractivity contribution in [3.05, 3.63) is 95.1 Å². The number of rotatable bonds is 5. The van der Waals surface area contributed by atoms with E-state index in [0.29, 0.717) is 5.75 Å². The lowest BCUT2D eigenvalue weighted by molar-refractivity contribution is -0.118. The van der Waals surface area contributed by atoms with Gasteiger partial charge in [-0.15, -0.1) is 11.8 Å². The summed E-state index contributed by atoms with van der Waals surface area (Å²) in [6, 6.07) is 24.9. The molecule has 0 aliphatic heterocycles. The van der Waals surface area contributed by atoms with E-state index in [2.05, 4.69) is 59.1 Å². The third-order valence-corrected chi connectivity index (χ3v) is 5.87. The zero-order valence-electron chi connectivity index (χ0n) is 15.1. The molecule has 27 heavy (non-hydrogen) atoms. The molecule has 3 aromatic rings. The fraction of sp³-hybridized carbons (Fsp3) is 0.130. The Morgan fingerprint density at radius 1 is 1.00 bits per heavy atom. The van der Waals surface area contributed by atoms with Gasteiger partial charge in [0.25, 0.3) is 0 Å². The van der Waals surface area contributed by atoms with Gasteiger partial charge in [0.2, 0.25) is 5.91 Å². The van der Waals surface area contributed by atoms with Gasteiger partial charge in [0.1, 0.15) is 0 Å². The Bertz CT molecular complexity index is 967. The average Bonchev–Trinajstić information content (AvgIpc) is 3.00. The normalized spacial score (nSPS) is 12.8. The van der Waals surface area contributed by atoms with Crippen LogP contribution >= 0.6 is 11.8 Å². The van der Waals surface area contributed by atoms with Crippen molar-refractivity contribution in [2.45, 2.75) is 12.2 Å². The van der Waals surface area contributed by atoms with Gasteiger partial charge in [-0.25, -0.2) is 5.43 Å². The molecular formula is C23H20N2OS. The summed E-state index contributed by atoms with van der Waals surface area (Å²) in [5.41, 5.74) is 9.86.